The second-order valence-corrected chi connectivity index (χ2v) is 5.29. The van der Waals surface area contributed by atoms with Crippen molar-refractivity contribution in [2.24, 2.45) is 0 Å². The predicted octanol–water partition coefficient (Wildman–Crippen LogP) is 2.83. The highest BCUT2D eigenvalue weighted by molar-refractivity contribution is 5.85. The molecule has 0 amide bonds. The molecule has 0 atom stereocenters. The zero-order valence-corrected chi connectivity index (χ0v) is 14.4. The van der Waals surface area contributed by atoms with Gasteiger partial charge in [0.05, 0.1) is 17.6 Å². The molecule has 3 rings (SSSR count). The highest BCUT2D eigenvalue weighted by Crippen LogP contribution is 2.19. The molecule has 1 aromatic carbocycles. The van der Waals surface area contributed by atoms with Gasteiger partial charge in [-0.25, -0.2) is 9.37 Å². The molecule has 0 unspecified atom stereocenters. The van der Waals surface area contributed by atoms with Crippen molar-refractivity contribution in [1.82, 2.24) is 19.8 Å². The number of aromatic nitrogens is 2. The number of hydrogen-bond acceptors (Lipinski definition) is 3. The van der Waals surface area contributed by atoms with Crippen LogP contribution < -0.4 is 5.32 Å². The monoisotopic (exact) mass is 348 g/mol. The zero-order chi connectivity index (χ0) is 13.9. The first-order chi connectivity index (χ1) is 9.78. The van der Waals surface area contributed by atoms with Crippen LogP contribution in [0.2, 0.25) is 0 Å². The van der Waals surface area contributed by atoms with Gasteiger partial charge in [0.15, 0.2) is 0 Å². The van der Waals surface area contributed by atoms with Gasteiger partial charge in [0.2, 0.25) is 0 Å². The average Bonchev–Trinajstić information content (AvgIpc) is 2.61. The van der Waals surface area contributed by atoms with Crippen molar-refractivity contribution >= 4 is 35.8 Å². The lowest BCUT2D eigenvalue weighted by Crippen LogP contribution is -2.29. The number of aryl methyl sites for hydroxylation is 1. The summed E-state index contributed by atoms with van der Waals surface area (Å²) in [6.45, 7) is 8.07. The molecule has 0 bridgehead atoms. The molecule has 2 aromatic rings. The van der Waals surface area contributed by atoms with Gasteiger partial charge in [-0.1, -0.05) is 0 Å². The number of fused-ring (bicyclic) bond motifs is 1. The maximum atomic E-state index is 13.3. The standard InChI is InChI=1S/C15H21FN4.2ClH/c1-2-20-14-5-4-12(16)10-13(14)18-15(20)11-19-8-3-6-17-7-9-19;;/h4-5,10,17H,2-3,6-9,11H2,1H3;2*1H. The molecule has 4 nitrogen and oxygen atoms in total. The summed E-state index contributed by atoms with van der Waals surface area (Å²) in [6, 6.07) is 4.86. The number of halogens is 3. The molecule has 1 aromatic heterocycles. The molecule has 22 heavy (non-hydrogen) atoms. The number of nitrogens with one attached hydrogen (secondary N) is 1. The maximum Gasteiger partial charge on any atom is 0.125 e. The van der Waals surface area contributed by atoms with Crippen molar-refractivity contribution in [3.05, 3.63) is 29.8 Å². The molecule has 1 fully saturated rings. The van der Waals surface area contributed by atoms with E-state index in [4.69, 9.17) is 0 Å². The SMILES string of the molecule is CCn1c(CN2CCCNCC2)nc2cc(F)ccc21.Cl.Cl. The molecule has 0 aliphatic carbocycles. The Hall–Kier alpha value is -0.880. The molecule has 124 valence electrons. The highest BCUT2D eigenvalue weighted by Gasteiger charge is 2.15. The number of imidazole rings is 1. The summed E-state index contributed by atoms with van der Waals surface area (Å²) in [5, 5.41) is 3.41. The Morgan fingerprint density at radius 3 is 2.82 bits per heavy atom. The Bertz CT molecular complexity index is 594. The second kappa shape index (κ2) is 8.67. The number of hydrogen-bond donors (Lipinski definition) is 1. The quantitative estimate of drug-likeness (QED) is 0.925. The molecule has 0 spiro atoms. The molecule has 1 aliphatic rings. The van der Waals surface area contributed by atoms with E-state index in [2.05, 4.69) is 26.7 Å². The zero-order valence-electron chi connectivity index (χ0n) is 12.7. The van der Waals surface area contributed by atoms with E-state index < -0.39 is 0 Å². The van der Waals surface area contributed by atoms with Crippen LogP contribution >= 0.6 is 24.8 Å². The summed E-state index contributed by atoms with van der Waals surface area (Å²) < 4.78 is 15.5. The van der Waals surface area contributed by atoms with Crippen molar-refractivity contribution < 1.29 is 4.39 Å². The Kier molecular flexibility index (Phi) is 7.56. The third kappa shape index (κ3) is 4.10. The molecule has 0 radical (unpaired) electrons. The van der Waals surface area contributed by atoms with Crippen molar-refractivity contribution in [3.63, 3.8) is 0 Å². The summed E-state index contributed by atoms with van der Waals surface area (Å²) in [4.78, 5) is 7.05. The topological polar surface area (TPSA) is 33.1 Å². The highest BCUT2D eigenvalue weighted by atomic mass is 35.5. The van der Waals surface area contributed by atoms with Gasteiger partial charge in [-0.15, -0.1) is 24.8 Å². The van der Waals surface area contributed by atoms with Gasteiger partial charge in [0, 0.05) is 25.7 Å². The fourth-order valence-electron chi connectivity index (χ4n) is 2.89. The van der Waals surface area contributed by atoms with E-state index in [-0.39, 0.29) is 30.6 Å². The van der Waals surface area contributed by atoms with Crippen molar-refractivity contribution in [3.8, 4) is 0 Å². The first kappa shape index (κ1) is 19.2. The van der Waals surface area contributed by atoms with Gasteiger partial charge in [0.1, 0.15) is 11.6 Å². The summed E-state index contributed by atoms with van der Waals surface area (Å²) in [7, 11) is 0. The van der Waals surface area contributed by atoms with Crippen LogP contribution in [-0.4, -0.2) is 40.6 Å². The molecule has 1 aliphatic heterocycles. The minimum atomic E-state index is -0.219. The minimum Gasteiger partial charge on any atom is -0.327 e. The van der Waals surface area contributed by atoms with E-state index in [1.807, 2.05) is 6.07 Å². The summed E-state index contributed by atoms with van der Waals surface area (Å²) in [5.41, 5.74) is 1.78. The fraction of sp³-hybridized carbons (Fsp3) is 0.533. The Morgan fingerprint density at radius 2 is 2.05 bits per heavy atom. The lowest BCUT2D eigenvalue weighted by atomic mass is 10.3. The largest absolute Gasteiger partial charge is 0.327 e. The Labute approximate surface area is 142 Å². The molecule has 1 N–H and O–H groups in total. The van der Waals surface area contributed by atoms with Crippen LogP contribution in [0.15, 0.2) is 18.2 Å². The predicted molar refractivity (Wildman–Crippen MR) is 92.6 cm³/mol. The Morgan fingerprint density at radius 1 is 1.23 bits per heavy atom. The van der Waals surface area contributed by atoms with Crippen molar-refractivity contribution in [2.45, 2.75) is 26.4 Å². The van der Waals surface area contributed by atoms with E-state index in [1.54, 1.807) is 0 Å². The van der Waals surface area contributed by atoms with Crippen LogP contribution in [-0.2, 0) is 13.1 Å². The van der Waals surface area contributed by atoms with Gasteiger partial charge >= 0.3 is 0 Å². The normalized spacial score (nSPS) is 15.9. The van der Waals surface area contributed by atoms with Crippen LogP contribution in [0, 0.1) is 5.82 Å². The van der Waals surface area contributed by atoms with E-state index in [0.717, 1.165) is 56.1 Å². The van der Waals surface area contributed by atoms with Crippen LogP contribution in [0.5, 0.6) is 0 Å². The van der Waals surface area contributed by atoms with Gasteiger partial charge < -0.3 is 9.88 Å². The molecule has 2 heterocycles. The van der Waals surface area contributed by atoms with Crippen LogP contribution in [0.1, 0.15) is 19.2 Å². The van der Waals surface area contributed by atoms with Crippen molar-refractivity contribution in [1.29, 1.82) is 0 Å². The molecule has 7 heteroatoms. The van der Waals surface area contributed by atoms with E-state index in [0.29, 0.717) is 0 Å². The van der Waals surface area contributed by atoms with Crippen LogP contribution in [0.25, 0.3) is 11.0 Å². The smallest absolute Gasteiger partial charge is 0.125 e. The van der Waals surface area contributed by atoms with Crippen LogP contribution in [0.4, 0.5) is 4.39 Å². The average molecular weight is 349 g/mol. The number of benzene rings is 1. The lowest BCUT2D eigenvalue weighted by Gasteiger charge is -2.19. The number of nitrogens with zero attached hydrogens (tertiary/aromatic N) is 3. The third-order valence-electron chi connectivity index (χ3n) is 3.90. The molecule has 0 saturated carbocycles. The van der Waals surface area contributed by atoms with Gasteiger partial charge in [-0.3, -0.25) is 4.90 Å². The summed E-state index contributed by atoms with van der Waals surface area (Å²) in [5.74, 6) is 0.818. The van der Waals surface area contributed by atoms with Gasteiger partial charge in [0.25, 0.3) is 0 Å². The van der Waals surface area contributed by atoms with Crippen molar-refractivity contribution in [2.75, 3.05) is 26.2 Å². The fourth-order valence-corrected chi connectivity index (χ4v) is 2.89. The Balaban J connectivity index is 0.00000121. The number of rotatable bonds is 3. The van der Waals surface area contributed by atoms with E-state index in [1.165, 1.54) is 18.6 Å². The summed E-state index contributed by atoms with van der Waals surface area (Å²) in [6.07, 6.45) is 1.17. The minimum absolute atomic E-state index is 0. The van der Waals surface area contributed by atoms with E-state index in [9.17, 15) is 4.39 Å². The van der Waals surface area contributed by atoms with Crippen LogP contribution in [0.3, 0.4) is 0 Å². The lowest BCUT2D eigenvalue weighted by molar-refractivity contribution is 0.274. The molecular formula is C15H23Cl2FN4. The van der Waals surface area contributed by atoms with Gasteiger partial charge in [-0.05, 0) is 38.6 Å². The first-order valence-electron chi connectivity index (χ1n) is 7.35. The third-order valence-corrected chi connectivity index (χ3v) is 3.90. The maximum absolute atomic E-state index is 13.3. The second-order valence-electron chi connectivity index (χ2n) is 5.29. The first-order valence-corrected chi connectivity index (χ1v) is 7.35. The molecule has 1 saturated heterocycles. The molecular weight excluding hydrogens is 326 g/mol. The van der Waals surface area contributed by atoms with Gasteiger partial charge in [-0.2, -0.15) is 0 Å². The summed E-state index contributed by atoms with van der Waals surface area (Å²) >= 11 is 0. The van der Waals surface area contributed by atoms with E-state index >= 15 is 0 Å².